The van der Waals surface area contributed by atoms with Crippen LogP contribution in [-0.2, 0) is 20.0 Å². The highest BCUT2D eigenvalue weighted by Gasteiger charge is 2.45. The molecule has 0 spiro atoms. The summed E-state index contributed by atoms with van der Waals surface area (Å²) in [4.78, 5) is 28.4. The SMILES string of the molecule is Cn1cnc2c1CC[C@H]2NC(=O)c1cn(Cc2ccc(N3CC4CC4C3)nc2)cn1. The maximum atomic E-state index is 12.7. The van der Waals surface area contributed by atoms with Crippen molar-refractivity contribution in [2.24, 2.45) is 18.9 Å². The first-order valence-corrected chi connectivity index (χ1v) is 10.7. The second-order valence-corrected chi connectivity index (χ2v) is 8.87. The summed E-state index contributed by atoms with van der Waals surface area (Å²) in [5.74, 6) is 2.71. The van der Waals surface area contributed by atoms with Gasteiger partial charge in [-0.05, 0) is 42.7 Å². The third kappa shape index (κ3) is 3.07. The van der Waals surface area contributed by atoms with E-state index in [0.717, 1.165) is 54.8 Å². The van der Waals surface area contributed by atoms with Gasteiger partial charge in [-0.25, -0.2) is 15.0 Å². The maximum Gasteiger partial charge on any atom is 0.272 e. The minimum Gasteiger partial charge on any atom is -0.356 e. The Morgan fingerprint density at radius 3 is 2.83 bits per heavy atom. The molecule has 8 nitrogen and oxygen atoms in total. The van der Waals surface area contributed by atoms with E-state index in [-0.39, 0.29) is 11.9 Å². The number of hydrogen-bond donors (Lipinski definition) is 1. The van der Waals surface area contributed by atoms with E-state index >= 15 is 0 Å². The summed E-state index contributed by atoms with van der Waals surface area (Å²) in [7, 11) is 1.99. The van der Waals surface area contributed by atoms with Gasteiger partial charge in [-0.15, -0.1) is 0 Å². The third-order valence-corrected chi connectivity index (χ3v) is 6.74. The smallest absolute Gasteiger partial charge is 0.272 e. The number of aromatic nitrogens is 5. The van der Waals surface area contributed by atoms with Gasteiger partial charge in [0.05, 0.1) is 30.9 Å². The van der Waals surface area contributed by atoms with Gasteiger partial charge in [0.1, 0.15) is 11.5 Å². The molecule has 3 atom stereocenters. The van der Waals surface area contributed by atoms with Crippen LogP contribution in [0, 0.1) is 11.8 Å². The number of nitrogens with zero attached hydrogens (tertiary/aromatic N) is 6. The molecule has 0 aromatic carbocycles. The van der Waals surface area contributed by atoms with Crippen molar-refractivity contribution >= 4 is 11.7 Å². The van der Waals surface area contributed by atoms with E-state index in [1.54, 1.807) is 12.5 Å². The summed E-state index contributed by atoms with van der Waals surface area (Å²) in [6, 6.07) is 4.19. The number of pyridine rings is 1. The second kappa shape index (κ2) is 6.68. The van der Waals surface area contributed by atoms with Crippen LogP contribution in [0.3, 0.4) is 0 Å². The van der Waals surface area contributed by atoms with Crippen molar-refractivity contribution < 1.29 is 4.79 Å². The van der Waals surface area contributed by atoms with Gasteiger partial charge in [0.2, 0.25) is 0 Å². The van der Waals surface area contributed by atoms with Crippen LogP contribution in [0.1, 0.15) is 46.3 Å². The Bertz CT molecular complexity index is 1090. The third-order valence-electron chi connectivity index (χ3n) is 6.74. The Labute approximate surface area is 175 Å². The van der Waals surface area contributed by atoms with Crippen LogP contribution in [0.5, 0.6) is 0 Å². The van der Waals surface area contributed by atoms with Crippen LogP contribution in [-0.4, -0.2) is 43.1 Å². The van der Waals surface area contributed by atoms with Crippen molar-refractivity contribution in [1.29, 1.82) is 0 Å². The number of carbonyl (C=O) groups excluding carboxylic acids is 1. The summed E-state index contributed by atoms with van der Waals surface area (Å²) in [6.07, 6.45) is 10.5. The summed E-state index contributed by atoms with van der Waals surface area (Å²) >= 11 is 0. The average Bonchev–Trinajstić information content (AvgIpc) is 3.21. The summed E-state index contributed by atoms with van der Waals surface area (Å²) in [5, 5.41) is 3.08. The van der Waals surface area contributed by atoms with Crippen molar-refractivity contribution in [3.63, 3.8) is 0 Å². The molecule has 4 heterocycles. The van der Waals surface area contributed by atoms with Gasteiger partial charge in [-0.3, -0.25) is 4.79 Å². The first-order chi connectivity index (χ1) is 14.6. The molecule has 6 rings (SSSR count). The van der Waals surface area contributed by atoms with Crippen molar-refractivity contribution in [1.82, 2.24) is 29.4 Å². The molecule has 154 valence electrons. The number of rotatable bonds is 5. The topological polar surface area (TPSA) is 80.9 Å². The lowest BCUT2D eigenvalue weighted by Crippen LogP contribution is -2.27. The molecule has 30 heavy (non-hydrogen) atoms. The Balaban J connectivity index is 1.09. The number of amides is 1. The predicted octanol–water partition coefficient (Wildman–Crippen LogP) is 1.93. The fraction of sp³-hybridized carbons (Fsp3) is 0.455. The maximum absolute atomic E-state index is 12.7. The van der Waals surface area contributed by atoms with Crippen molar-refractivity contribution in [3.05, 3.63) is 59.8 Å². The lowest BCUT2D eigenvalue weighted by Gasteiger charge is -2.19. The van der Waals surface area contributed by atoms with Crippen LogP contribution in [0.4, 0.5) is 5.82 Å². The van der Waals surface area contributed by atoms with Crippen LogP contribution >= 0.6 is 0 Å². The summed E-state index contributed by atoms with van der Waals surface area (Å²) in [6.45, 7) is 2.95. The quantitative estimate of drug-likeness (QED) is 0.704. The zero-order valence-corrected chi connectivity index (χ0v) is 17.0. The Morgan fingerprint density at radius 1 is 1.17 bits per heavy atom. The van der Waals surface area contributed by atoms with Gasteiger partial charge >= 0.3 is 0 Å². The summed E-state index contributed by atoms with van der Waals surface area (Å²) in [5.41, 5.74) is 3.71. The molecule has 3 aromatic heterocycles. The second-order valence-electron chi connectivity index (χ2n) is 8.87. The Morgan fingerprint density at radius 2 is 2.03 bits per heavy atom. The number of carbonyl (C=O) groups is 1. The number of aryl methyl sites for hydroxylation is 1. The standard InChI is InChI=1S/C22H25N7O/c1-27-12-25-21-17(3-4-19(21)27)26-22(30)18-11-28(13-24-18)8-14-2-5-20(23-7-14)29-9-15-6-16(15)10-29/h2,5,7,11-13,15-17H,3-4,6,8-10H2,1H3,(H,26,30)/t15?,16?,17-/m1/s1. The lowest BCUT2D eigenvalue weighted by molar-refractivity contribution is 0.0931. The molecule has 8 heteroatoms. The van der Waals surface area contributed by atoms with Crippen LogP contribution in [0.2, 0.25) is 0 Å². The number of piperidine rings is 1. The zero-order valence-electron chi connectivity index (χ0n) is 17.0. The molecule has 1 saturated carbocycles. The van der Waals surface area contributed by atoms with Gasteiger partial charge < -0.3 is 19.4 Å². The predicted molar refractivity (Wildman–Crippen MR) is 111 cm³/mol. The molecular formula is C22H25N7O. The molecule has 0 radical (unpaired) electrons. The minimum atomic E-state index is -0.154. The number of anilines is 1. The first kappa shape index (κ1) is 17.7. The molecule has 3 aromatic rings. The molecule has 2 unspecified atom stereocenters. The van der Waals surface area contributed by atoms with E-state index in [4.69, 9.17) is 0 Å². The van der Waals surface area contributed by atoms with E-state index < -0.39 is 0 Å². The Hall–Kier alpha value is -3.16. The lowest BCUT2D eigenvalue weighted by atomic mass is 10.2. The molecule has 2 fully saturated rings. The molecule has 1 amide bonds. The van der Waals surface area contributed by atoms with Gasteiger partial charge in [0.25, 0.3) is 5.91 Å². The molecule has 1 N–H and O–H groups in total. The number of nitrogens with one attached hydrogen (secondary N) is 1. The van der Waals surface area contributed by atoms with Gasteiger partial charge in [0.15, 0.2) is 0 Å². The van der Waals surface area contributed by atoms with E-state index in [9.17, 15) is 4.79 Å². The van der Waals surface area contributed by atoms with Crippen molar-refractivity contribution in [2.45, 2.75) is 31.8 Å². The monoisotopic (exact) mass is 403 g/mol. The number of imidazole rings is 2. The number of fused-ring (bicyclic) bond motifs is 2. The first-order valence-electron chi connectivity index (χ1n) is 10.7. The molecule has 1 saturated heterocycles. The normalized spacial score (nSPS) is 24.0. The molecule has 1 aliphatic heterocycles. The van der Waals surface area contributed by atoms with E-state index in [1.807, 2.05) is 28.7 Å². The van der Waals surface area contributed by atoms with Gasteiger partial charge in [-0.1, -0.05) is 6.07 Å². The van der Waals surface area contributed by atoms with E-state index in [2.05, 4.69) is 37.3 Å². The highest BCUT2D eigenvalue weighted by Crippen LogP contribution is 2.45. The van der Waals surface area contributed by atoms with Crippen LogP contribution in [0.15, 0.2) is 37.2 Å². The van der Waals surface area contributed by atoms with Crippen molar-refractivity contribution in [3.8, 4) is 0 Å². The average molecular weight is 403 g/mol. The molecule has 2 aliphatic carbocycles. The fourth-order valence-corrected chi connectivity index (χ4v) is 4.92. The molecule has 0 bridgehead atoms. The molecular weight excluding hydrogens is 378 g/mol. The Kier molecular flexibility index (Phi) is 3.94. The fourth-order valence-electron chi connectivity index (χ4n) is 4.92. The zero-order chi connectivity index (χ0) is 20.2. The molecule has 3 aliphatic rings. The van der Waals surface area contributed by atoms with E-state index in [1.165, 1.54) is 12.1 Å². The van der Waals surface area contributed by atoms with Crippen molar-refractivity contribution in [2.75, 3.05) is 18.0 Å². The van der Waals surface area contributed by atoms with Crippen LogP contribution in [0.25, 0.3) is 0 Å². The van der Waals surface area contributed by atoms with Gasteiger partial charge in [-0.2, -0.15) is 0 Å². The summed E-state index contributed by atoms with van der Waals surface area (Å²) < 4.78 is 3.96. The highest BCUT2D eigenvalue weighted by molar-refractivity contribution is 5.92. The largest absolute Gasteiger partial charge is 0.356 e. The van der Waals surface area contributed by atoms with E-state index in [0.29, 0.717) is 12.2 Å². The van der Waals surface area contributed by atoms with Crippen LogP contribution < -0.4 is 10.2 Å². The highest BCUT2D eigenvalue weighted by atomic mass is 16.2. The van der Waals surface area contributed by atoms with Gasteiger partial charge in [0, 0.05) is 38.2 Å². The number of hydrogen-bond acceptors (Lipinski definition) is 5. The minimum absolute atomic E-state index is 0.0350.